The molecule has 1 aromatic carbocycles. The predicted octanol–water partition coefficient (Wildman–Crippen LogP) is 6.32. The van der Waals surface area contributed by atoms with Gasteiger partial charge in [-0.1, -0.05) is 30.1 Å². The van der Waals surface area contributed by atoms with Crippen LogP contribution in [0.25, 0.3) is 21.3 Å². The lowest BCUT2D eigenvalue weighted by Gasteiger charge is -2.17. The van der Waals surface area contributed by atoms with Gasteiger partial charge in [0.2, 0.25) is 0 Å². The molecule has 2 heterocycles. The Balaban J connectivity index is 1.99. The Kier molecular flexibility index (Phi) is 7.57. The van der Waals surface area contributed by atoms with Crippen LogP contribution in [0.15, 0.2) is 46.1 Å². The van der Waals surface area contributed by atoms with E-state index in [9.17, 15) is 0 Å². The topological polar surface area (TPSA) is 87.3 Å². The van der Waals surface area contributed by atoms with Crippen molar-refractivity contribution in [3.8, 4) is 5.75 Å². The molecule has 1 unspecified atom stereocenters. The number of azide groups is 1. The van der Waals surface area contributed by atoms with Crippen molar-refractivity contribution in [2.24, 2.45) is 5.11 Å². The highest BCUT2D eigenvalue weighted by Gasteiger charge is 2.21. The number of hydrogen-bond donors (Lipinski definition) is 0. The van der Waals surface area contributed by atoms with E-state index in [0.717, 1.165) is 29.6 Å². The number of ether oxygens (including phenoxy) is 1. The first kappa shape index (κ1) is 22.0. The number of fused-ring (bicyclic) bond motifs is 1. The zero-order valence-corrected chi connectivity index (χ0v) is 18.3. The van der Waals surface area contributed by atoms with Gasteiger partial charge in [-0.05, 0) is 68.4 Å². The van der Waals surface area contributed by atoms with E-state index in [1.54, 1.807) is 6.20 Å². The third kappa shape index (κ3) is 5.25. The molecule has 0 saturated heterocycles. The summed E-state index contributed by atoms with van der Waals surface area (Å²) in [6.45, 7) is 3.36. The van der Waals surface area contributed by atoms with Crippen LogP contribution in [-0.2, 0) is 13.0 Å². The Hall–Kier alpha value is -2.73. The van der Waals surface area contributed by atoms with Crippen molar-refractivity contribution in [2.45, 2.75) is 38.8 Å². The number of nitrogens with zero attached hydrogens (tertiary/aromatic N) is 5. The Morgan fingerprint density at radius 1 is 1.33 bits per heavy atom. The summed E-state index contributed by atoms with van der Waals surface area (Å²) in [5, 5.41) is 5.40. The number of unbranched alkanes of at least 4 members (excludes halogenated alkanes) is 1. The minimum Gasteiger partial charge on any atom is -0.491 e. The van der Waals surface area contributed by atoms with Crippen LogP contribution in [0.3, 0.4) is 0 Å². The zero-order chi connectivity index (χ0) is 21.5. The summed E-state index contributed by atoms with van der Waals surface area (Å²) in [6, 6.07) is 8.89. The highest BCUT2D eigenvalue weighted by Crippen LogP contribution is 2.37. The number of benzene rings is 1. The first-order valence-corrected chi connectivity index (χ1v) is 10.4. The summed E-state index contributed by atoms with van der Waals surface area (Å²) in [5.74, 6) is 2.11. The SMILES string of the molecule is CCCCOc1c(CC(N=[N+]=[N-])c2ccc(CN(C)C)o2)cc(Cl)c2cccnc12. The Morgan fingerprint density at radius 3 is 2.90 bits per heavy atom. The maximum Gasteiger partial charge on any atom is 0.148 e. The first-order valence-electron chi connectivity index (χ1n) is 10.00. The second-order valence-electron chi connectivity index (χ2n) is 7.41. The maximum absolute atomic E-state index is 9.14. The van der Waals surface area contributed by atoms with Gasteiger partial charge < -0.3 is 14.1 Å². The highest BCUT2D eigenvalue weighted by atomic mass is 35.5. The van der Waals surface area contributed by atoms with Crippen LogP contribution < -0.4 is 4.74 Å². The van der Waals surface area contributed by atoms with E-state index in [1.165, 1.54) is 0 Å². The third-order valence-electron chi connectivity index (χ3n) is 4.70. The average Bonchev–Trinajstić information content (AvgIpc) is 3.17. The van der Waals surface area contributed by atoms with Gasteiger partial charge >= 0.3 is 0 Å². The van der Waals surface area contributed by atoms with Gasteiger partial charge in [-0.3, -0.25) is 4.98 Å². The molecule has 3 rings (SSSR count). The Bertz CT molecular complexity index is 1040. The molecule has 3 aromatic rings. The van der Waals surface area contributed by atoms with Crippen LogP contribution in [0.1, 0.15) is 42.9 Å². The molecule has 0 aliphatic heterocycles. The van der Waals surface area contributed by atoms with Gasteiger partial charge in [-0.15, -0.1) is 0 Å². The average molecular weight is 428 g/mol. The lowest BCUT2D eigenvalue weighted by molar-refractivity contribution is 0.307. The monoisotopic (exact) mass is 427 g/mol. The number of pyridine rings is 1. The van der Waals surface area contributed by atoms with Crippen molar-refractivity contribution < 1.29 is 9.15 Å². The van der Waals surface area contributed by atoms with Gasteiger partial charge in [-0.2, -0.15) is 0 Å². The molecule has 0 aliphatic carbocycles. The molecule has 0 saturated carbocycles. The Morgan fingerprint density at radius 2 is 2.17 bits per heavy atom. The van der Waals surface area contributed by atoms with Crippen molar-refractivity contribution in [1.29, 1.82) is 0 Å². The minimum absolute atomic E-state index is 0.396. The van der Waals surface area contributed by atoms with Gasteiger partial charge in [0, 0.05) is 16.5 Å². The smallest absolute Gasteiger partial charge is 0.148 e. The molecule has 0 N–H and O–H groups in total. The number of aromatic nitrogens is 1. The summed E-state index contributed by atoms with van der Waals surface area (Å²) >= 11 is 6.54. The zero-order valence-electron chi connectivity index (χ0n) is 17.5. The second kappa shape index (κ2) is 10.3. The van der Waals surface area contributed by atoms with E-state index >= 15 is 0 Å². The molecule has 158 valence electrons. The highest BCUT2D eigenvalue weighted by molar-refractivity contribution is 6.35. The molecular formula is C22H26ClN5O2. The number of halogens is 1. The molecule has 0 radical (unpaired) electrons. The maximum atomic E-state index is 9.14. The predicted molar refractivity (Wildman–Crippen MR) is 119 cm³/mol. The largest absolute Gasteiger partial charge is 0.491 e. The van der Waals surface area contributed by atoms with Crippen LogP contribution in [0, 0.1) is 0 Å². The molecule has 0 fully saturated rings. The van der Waals surface area contributed by atoms with Gasteiger partial charge in [0.1, 0.15) is 22.8 Å². The molecule has 0 amide bonds. The molecular weight excluding hydrogens is 402 g/mol. The fourth-order valence-corrected chi connectivity index (χ4v) is 3.58. The van der Waals surface area contributed by atoms with E-state index in [2.05, 4.69) is 21.9 Å². The molecule has 1 atom stereocenters. The van der Waals surface area contributed by atoms with E-state index in [1.807, 2.05) is 49.3 Å². The van der Waals surface area contributed by atoms with Crippen molar-refractivity contribution in [2.75, 3.05) is 20.7 Å². The summed E-state index contributed by atoms with van der Waals surface area (Å²) < 4.78 is 12.1. The van der Waals surface area contributed by atoms with E-state index in [0.29, 0.717) is 41.6 Å². The lowest BCUT2D eigenvalue weighted by atomic mass is 10.0. The normalized spacial score (nSPS) is 12.2. The van der Waals surface area contributed by atoms with Gasteiger partial charge in [0.25, 0.3) is 0 Å². The van der Waals surface area contributed by atoms with Crippen LogP contribution in [0.4, 0.5) is 0 Å². The van der Waals surface area contributed by atoms with Crippen LogP contribution >= 0.6 is 11.6 Å². The van der Waals surface area contributed by atoms with Crippen LogP contribution in [0.5, 0.6) is 5.75 Å². The molecule has 0 aliphatic rings. The third-order valence-corrected chi connectivity index (χ3v) is 5.02. The summed E-state index contributed by atoms with van der Waals surface area (Å²) in [7, 11) is 3.94. The van der Waals surface area contributed by atoms with Gasteiger partial charge in [-0.25, -0.2) is 0 Å². The fraction of sp³-hybridized carbons (Fsp3) is 0.409. The Labute approximate surface area is 181 Å². The standard InChI is InChI=1S/C22H26ClN5O2/c1-4-5-11-29-22-15(12-18(23)17-7-6-10-25-21(17)22)13-19(26-27-24)20-9-8-16(30-20)14-28(2)3/h6-10,12,19H,4-5,11,13-14H2,1-3H3. The number of furan rings is 1. The lowest BCUT2D eigenvalue weighted by Crippen LogP contribution is -2.09. The van der Waals surface area contributed by atoms with Crippen molar-refractivity contribution in [3.63, 3.8) is 0 Å². The summed E-state index contributed by atoms with van der Waals surface area (Å²) in [6.07, 6.45) is 4.08. The van der Waals surface area contributed by atoms with Crippen molar-refractivity contribution in [3.05, 3.63) is 69.1 Å². The quantitative estimate of drug-likeness (QED) is 0.164. The molecule has 2 aromatic heterocycles. The van der Waals surface area contributed by atoms with Gasteiger partial charge in [0.05, 0.1) is 24.2 Å². The minimum atomic E-state index is -0.517. The van der Waals surface area contributed by atoms with Crippen molar-refractivity contribution in [1.82, 2.24) is 9.88 Å². The molecule has 8 heteroatoms. The summed E-state index contributed by atoms with van der Waals surface area (Å²) in [5.41, 5.74) is 10.7. The molecule has 7 nitrogen and oxygen atoms in total. The number of hydrogen-bond acceptors (Lipinski definition) is 5. The molecule has 30 heavy (non-hydrogen) atoms. The van der Waals surface area contributed by atoms with E-state index < -0.39 is 6.04 Å². The van der Waals surface area contributed by atoms with E-state index in [4.69, 9.17) is 26.3 Å². The van der Waals surface area contributed by atoms with Crippen LogP contribution in [-0.4, -0.2) is 30.6 Å². The summed E-state index contributed by atoms with van der Waals surface area (Å²) in [4.78, 5) is 9.55. The first-order chi connectivity index (χ1) is 14.5. The second-order valence-corrected chi connectivity index (χ2v) is 7.82. The molecule has 0 spiro atoms. The van der Waals surface area contributed by atoms with Crippen LogP contribution in [0.2, 0.25) is 5.02 Å². The number of rotatable bonds is 10. The van der Waals surface area contributed by atoms with E-state index in [-0.39, 0.29) is 0 Å². The fourth-order valence-electron chi connectivity index (χ4n) is 3.30. The molecule has 0 bridgehead atoms. The van der Waals surface area contributed by atoms with Crippen molar-refractivity contribution >= 4 is 22.5 Å². The van der Waals surface area contributed by atoms with Gasteiger partial charge in [0.15, 0.2) is 0 Å².